The van der Waals surface area contributed by atoms with Crippen molar-refractivity contribution in [3.63, 3.8) is 0 Å². The van der Waals surface area contributed by atoms with Crippen LogP contribution in [0.5, 0.6) is 0 Å². The van der Waals surface area contributed by atoms with Crippen molar-refractivity contribution in [3.8, 4) is 0 Å². The summed E-state index contributed by atoms with van der Waals surface area (Å²) in [4.78, 5) is 14.0. The van der Waals surface area contributed by atoms with Crippen LogP contribution in [0.4, 0.5) is 10.5 Å². The Labute approximate surface area is 123 Å². The van der Waals surface area contributed by atoms with Gasteiger partial charge in [-0.15, -0.1) is 0 Å². The molecular weight excluding hydrogens is 283 g/mol. The molecule has 2 rings (SSSR count). The highest BCUT2D eigenvalue weighted by Gasteiger charge is 2.22. The number of nitrogens with zero attached hydrogens (tertiary/aromatic N) is 1. The summed E-state index contributed by atoms with van der Waals surface area (Å²) in [6.45, 7) is 5.62. The number of aryl methyl sites for hydroxylation is 1. The Morgan fingerprint density at radius 1 is 1.42 bits per heavy atom. The SMILES string of the molecule is Cc1ccc(Cl)c(NC(=O)N2CCCC(C)C2)c1Cl. The number of rotatable bonds is 1. The smallest absolute Gasteiger partial charge is 0.321 e. The van der Waals surface area contributed by atoms with E-state index in [0.29, 0.717) is 21.7 Å². The maximum atomic E-state index is 12.2. The maximum Gasteiger partial charge on any atom is 0.321 e. The van der Waals surface area contributed by atoms with Crippen LogP contribution in [-0.4, -0.2) is 24.0 Å². The highest BCUT2D eigenvalue weighted by molar-refractivity contribution is 6.40. The number of anilines is 1. The fourth-order valence-electron chi connectivity index (χ4n) is 2.33. The molecule has 0 radical (unpaired) electrons. The number of hydrogen-bond donors (Lipinski definition) is 1. The van der Waals surface area contributed by atoms with Crippen LogP contribution in [0, 0.1) is 12.8 Å². The molecular formula is C14H18Cl2N2O. The molecule has 3 nitrogen and oxygen atoms in total. The largest absolute Gasteiger partial charge is 0.324 e. The minimum atomic E-state index is -0.124. The third kappa shape index (κ3) is 3.34. The predicted molar refractivity (Wildman–Crippen MR) is 80.2 cm³/mol. The maximum absolute atomic E-state index is 12.2. The van der Waals surface area contributed by atoms with Gasteiger partial charge in [-0.2, -0.15) is 0 Å². The van der Waals surface area contributed by atoms with Gasteiger partial charge in [-0.3, -0.25) is 0 Å². The van der Waals surface area contributed by atoms with Gasteiger partial charge in [0.2, 0.25) is 0 Å². The summed E-state index contributed by atoms with van der Waals surface area (Å²) in [6, 6.07) is 3.46. The topological polar surface area (TPSA) is 32.3 Å². The summed E-state index contributed by atoms with van der Waals surface area (Å²) in [5, 5.41) is 3.80. The minimum Gasteiger partial charge on any atom is -0.324 e. The first-order valence-corrected chi connectivity index (χ1v) is 7.25. The fourth-order valence-corrected chi connectivity index (χ4v) is 2.80. The first kappa shape index (κ1) is 14.5. The van der Waals surface area contributed by atoms with E-state index in [1.54, 1.807) is 6.07 Å². The van der Waals surface area contributed by atoms with Crippen molar-refractivity contribution >= 4 is 34.9 Å². The summed E-state index contributed by atoms with van der Waals surface area (Å²) < 4.78 is 0. The van der Waals surface area contributed by atoms with Gasteiger partial charge >= 0.3 is 6.03 Å². The van der Waals surface area contributed by atoms with Crippen LogP contribution >= 0.6 is 23.2 Å². The van der Waals surface area contributed by atoms with E-state index in [1.807, 2.05) is 17.9 Å². The number of halogens is 2. The standard InChI is InChI=1S/C14H18Cl2N2O/c1-9-4-3-7-18(8-9)14(19)17-13-11(15)6-5-10(2)12(13)16/h5-6,9H,3-4,7-8H2,1-2H3,(H,17,19). The van der Waals surface area contributed by atoms with E-state index in [-0.39, 0.29) is 6.03 Å². The second-order valence-corrected chi connectivity index (χ2v) is 5.96. The van der Waals surface area contributed by atoms with E-state index < -0.39 is 0 Å². The molecule has 2 amide bonds. The molecule has 1 heterocycles. The number of carbonyl (C=O) groups is 1. The molecule has 1 fully saturated rings. The molecule has 0 aromatic heterocycles. The lowest BCUT2D eigenvalue weighted by Crippen LogP contribution is -2.41. The molecule has 0 spiro atoms. The van der Waals surface area contributed by atoms with Crippen molar-refractivity contribution in [1.82, 2.24) is 4.90 Å². The van der Waals surface area contributed by atoms with Crippen LogP contribution in [0.15, 0.2) is 12.1 Å². The van der Waals surface area contributed by atoms with Gasteiger partial charge in [-0.25, -0.2) is 4.79 Å². The second-order valence-electron chi connectivity index (χ2n) is 5.18. The summed E-state index contributed by atoms with van der Waals surface area (Å²) in [7, 11) is 0. The van der Waals surface area contributed by atoms with Crippen LogP contribution in [0.25, 0.3) is 0 Å². The van der Waals surface area contributed by atoms with E-state index in [9.17, 15) is 4.79 Å². The molecule has 5 heteroatoms. The zero-order valence-corrected chi connectivity index (χ0v) is 12.7. The number of benzene rings is 1. The van der Waals surface area contributed by atoms with E-state index >= 15 is 0 Å². The summed E-state index contributed by atoms with van der Waals surface area (Å²) in [5.74, 6) is 0.544. The highest BCUT2D eigenvalue weighted by atomic mass is 35.5. The molecule has 1 saturated heterocycles. The van der Waals surface area contributed by atoms with Crippen LogP contribution in [0.3, 0.4) is 0 Å². The van der Waals surface area contributed by atoms with E-state index in [0.717, 1.165) is 25.1 Å². The molecule has 104 valence electrons. The lowest BCUT2D eigenvalue weighted by atomic mass is 10.0. The molecule has 1 aromatic carbocycles. The number of urea groups is 1. The zero-order chi connectivity index (χ0) is 14.0. The molecule has 1 atom stereocenters. The van der Waals surface area contributed by atoms with Gasteiger partial charge in [0.25, 0.3) is 0 Å². The number of amides is 2. The Morgan fingerprint density at radius 2 is 2.16 bits per heavy atom. The lowest BCUT2D eigenvalue weighted by Gasteiger charge is -2.31. The molecule has 1 aliphatic heterocycles. The van der Waals surface area contributed by atoms with Crippen LogP contribution < -0.4 is 5.32 Å². The minimum absolute atomic E-state index is 0.124. The highest BCUT2D eigenvalue weighted by Crippen LogP contribution is 2.33. The quantitative estimate of drug-likeness (QED) is 0.810. The van der Waals surface area contributed by atoms with Crippen LogP contribution in [0.1, 0.15) is 25.3 Å². The van der Waals surface area contributed by atoms with Gasteiger partial charge in [0.15, 0.2) is 0 Å². The van der Waals surface area contributed by atoms with Crippen molar-refractivity contribution in [2.75, 3.05) is 18.4 Å². The second kappa shape index (κ2) is 6.02. The Hall–Kier alpha value is -0.930. The predicted octanol–water partition coefficient (Wildman–Crippen LogP) is 4.57. The first-order valence-electron chi connectivity index (χ1n) is 6.49. The van der Waals surface area contributed by atoms with Crippen molar-refractivity contribution in [3.05, 3.63) is 27.7 Å². The lowest BCUT2D eigenvalue weighted by molar-refractivity contribution is 0.182. The summed E-state index contributed by atoms with van der Waals surface area (Å²) in [5.41, 5.74) is 1.40. The number of nitrogens with one attached hydrogen (secondary N) is 1. The zero-order valence-electron chi connectivity index (χ0n) is 11.2. The Bertz CT molecular complexity index is 491. The number of likely N-dealkylation sites (tertiary alicyclic amines) is 1. The summed E-state index contributed by atoms with van der Waals surface area (Å²) in [6.07, 6.45) is 2.22. The third-order valence-corrected chi connectivity index (χ3v) is 4.26. The molecule has 1 aromatic rings. The fraction of sp³-hybridized carbons (Fsp3) is 0.500. The Kier molecular flexibility index (Phi) is 4.58. The Balaban J connectivity index is 2.13. The normalized spacial score (nSPS) is 19.4. The monoisotopic (exact) mass is 300 g/mol. The molecule has 0 aliphatic carbocycles. The molecule has 1 aliphatic rings. The summed E-state index contributed by atoms with van der Waals surface area (Å²) >= 11 is 12.3. The van der Waals surface area contributed by atoms with Gasteiger partial charge in [0, 0.05) is 13.1 Å². The van der Waals surface area contributed by atoms with E-state index in [4.69, 9.17) is 23.2 Å². The van der Waals surface area contributed by atoms with E-state index in [1.165, 1.54) is 6.42 Å². The van der Waals surface area contributed by atoms with Crippen molar-refractivity contribution in [2.45, 2.75) is 26.7 Å². The van der Waals surface area contributed by atoms with Gasteiger partial charge < -0.3 is 10.2 Å². The van der Waals surface area contributed by atoms with Gasteiger partial charge in [0.05, 0.1) is 15.7 Å². The van der Waals surface area contributed by atoms with Crippen molar-refractivity contribution in [2.24, 2.45) is 5.92 Å². The molecule has 19 heavy (non-hydrogen) atoms. The third-order valence-electron chi connectivity index (χ3n) is 3.46. The van der Waals surface area contributed by atoms with Crippen LogP contribution in [-0.2, 0) is 0 Å². The van der Waals surface area contributed by atoms with Crippen LogP contribution in [0.2, 0.25) is 10.0 Å². The first-order chi connectivity index (χ1) is 8.99. The molecule has 0 saturated carbocycles. The van der Waals surface area contributed by atoms with Gasteiger partial charge in [0.1, 0.15) is 0 Å². The van der Waals surface area contributed by atoms with Crippen molar-refractivity contribution < 1.29 is 4.79 Å². The average Bonchev–Trinajstić information content (AvgIpc) is 2.39. The van der Waals surface area contributed by atoms with Gasteiger partial charge in [-0.1, -0.05) is 36.2 Å². The molecule has 0 bridgehead atoms. The number of hydrogen-bond acceptors (Lipinski definition) is 1. The molecule has 1 unspecified atom stereocenters. The average molecular weight is 301 g/mol. The van der Waals surface area contributed by atoms with Crippen molar-refractivity contribution in [1.29, 1.82) is 0 Å². The van der Waals surface area contributed by atoms with Gasteiger partial charge in [-0.05, 0) is 37.3 Å². The Morgan fingerprint density at radius 3 is 2.84 bits per heavy atom. The van der Waals surface area contributed by atoms with E-state index in [2.05, 4.69) is 12.2 Å². The number of carbonyl (C=O) groups excluding carboxylic acids is 1. The molecule has 1 N–H and O–H groups in total. The number of piperidine rings is 1.